The van der Waals surface area contributed by atoms with Crippen LogP contribution in [0.2, 0.25) is 0 Å². The first kappa shape index (κ1) is 14.9. The van der Waals surface area contributed by atoms with Crippen LogP contribution in [0.5, 0.6) is 0 Å². The summed E-state index contributed by atoms with van der Waals surface area (Å²) in [7, 11) is 0. The maximum Gasteiger partial charge on any atom is 0.271 e. The number of anilines is 3. The van der Waals surface area contributed by atoms with Gasteiger partial charge in [-0.25, -0.2) is 9.97 Å². The topological polar surface area (TPSA) is 70.2 Å². The van der Waals surface area contributed by atoms with Gasteiger partial charge in [0.2, 0.25) is 0 Å². The van der Waals surface area contributed by atoms with Gasteiger partial charge in [0.15, 0.2) is 0 Å². The molecule has 2 aliphatic rings. The number of nitrogens with one attached hydrogen (secondary N) is 2. The summed E-state index contributed by atoms with van der Waals surface area (Å²) in [4.78, 5) is 22.8. The molecule has 0 bridgehead atoms. The van der Waals surface area contributed by atoms with E-state index in [1.807, 2.05) is 12.1 Å². The van der Waals surface area contributed by atoms with Crippen molar-refractivity contribution in [3.63, 3.8) is 0 Å². The average molecular weight is 323 g/mol. The van der Waals surface area contributed by atoms with Crippen LogP contribution >= 0.6 is 0 Å². The van der Waals surface area contributed by atoms with Crippen LogP contribution in [0.25, 0.3) is 0 Å². The van der Waals surface area contributed by atoms with E-state index in [1.54, 1.807) is 6.20 Å². The van der Waals surface area contributed by atoms with Crippen molar-refractivity contribution in [3.05, 3.63) is 42.4 Å². The van der Waals surface area contributed by atoms with E-state index in [-0.39, 0.29) is 5.91 Å². The van der Waals surface area contributed by atoms with Crippen molar-refractivity contribution in [1.82, 2.24) is 15.3 Å². The molecule has 0 radical (unpaired) electrons. The van der Waals surface area contributed by atoms with Gasteiger partial charge in [0.25, 0.3) is 5.91 Å². The predicted molar refractivity (Wildman–Crippen MR) is 93.7 cm³/mol. The first-order valence-corrected chi connectivity index (χ1v) is 8.53. The highest BCUT2D eigenvalue weighted by Crippen LogP contribution is 2.23. The Morgan fingerprint density at radius 1 is 1.04 bits per heavy atom. The molecule has 1 aromatic carbocycles. The van der Waals surface area contributed by atoms with Crippen molar-refractivity contribution in [1.29, 1.82) is 0 Å². The number of amides is 1. The molecule has 0 unspecified atom stereocenters. The zero-order valence-corrected chi connectivity index (χ0v) is 13.5. The van der Waals surface area contributed by atoms with E-state index in [1.165, 1.54) is 24.7 Å². The fraction of sp³-hybridized carbons (Fsp3) is 0.389. The molecule has 2 N–H and O–H groups in total. The molecule has 1 aliphatic heterocycles. The van der Waals surface area contributed by atoms with Gasteiger partial charge in [0, 0.05) is 30.5 Å². The molecule has 1 amide bonds. The lowest BCUT2D eigenvalue weighted by Crippen LogP contribution is -2.26. The van der Waals surface area contributed by atoms with Gasteiger partial charge in [0.1, 0.15) is 11.5 Å². The second kappa shape index (κ2) is 6.47. The molecule has 2 heterocycles. The van der Waals surface area contributed by atoms with Crippen LogP contribution in [0, 0.1) is 0 Å². The normalized spacial score (nSPS) is 16.9. The number of hydrogen-bond donors (Lipinski definition) is 2. The van der Waals surface area contributed by atoms with Crippen molar-refractivity contribution in [2.75, 3.05) is 23.3 Å². The van der Waals surface area contributed by atoms with E-state index in [9.17, 15) is 4.79 Å². The summed E-state index contributed by atoms with van der Waals surface area (Å²) in [6.45, 7) is 2.28. The van der Waals surface area contributed by atoms with E-state index < -0.39 is 0 Å². The molecule has 1 aromatic heterocycles. The highest BCUT2D eigenvalue weighted by atomic mass is 16.2. The van der Waals surface area contributed by atoms with Crippen LogP contribution in [-0.2, 0) is 0 Å². The highest BCUT2D eigenvalue weighted by Gasteiger charge is 2.24. The molecule has 2 aromatic rings. The molecule has 2 fully saturated rings. The van der Waals surface area contributed by atoms with Crippen molar-refractivity contribution in [2.24, 2.45) is 0 Å². The standard InChI is InChI=1S/C18H21N5O/c24-18(22-14-3-4-14)16-11-20-17(12-19-16)21-13-5-7-15(8-6-13)23-9-1-2-10-23/h5-8,11-12,14H,1-4,9-10H2,(H,20,21)(H,22,24). The molecule has 0 spiro atoms. The van der Waals surface area contributed by atoms with Gasteiger partial charge in [0.05, 0.1) is 12.4 Å². The van der Waals surface area contributed by atoms with E-state index in [2.05, 4.69) is 37.6 Å². The second-order valence-electron chi connectivity index (χ2n) is 6.40. The Hall–Kier alpha value is -2.63. The molecular formula is C18H21N5O. The number of aromatic nitrogens is 2. The summed E-state index contributed by atoms with van der Waals surface area (Å²) in [6, 6.07) is 8.66. The van der Waals surface area contributed by atoms with Crippen LogP contribution in [0.1, 0.15) is 36.2 Å². The summed E-state index contributed by atoms with van der Waals surface area (Å²) >= 11 is 0. The zero-order chi connectivity index (χ0) is 16.4. The molecule has 1 aliphatic carbocycles. The van der Waals surface area contributed by atoms with Gasteiger partial charge in [-0.2, -0.15) is 0 Å². The zero-order valence-electron chi connectivity index (χ0n) is 13.5. The largest absolute Gasteiger partial charge is 0.372 e. The quantitative estimate of drug-likeness (QED) is 0.885. The molecular weight excluding hydrogens is 302 g/mol. The Balaban J connectivity index is 1.38. The summed E-state index contributed by atoms with van der Waals surface area (Å²) in [5.74, 6) is 0.485. The summed E-state index contributed by atoms with van der Waals surface area (Å²) in [5, 5.41) is 6.12. The SMILES string of the molecule is O=C(NC1CC1)c1cnc(Nc2ccc(N3CCCC3)cc2)cn1. The average Bonchev–Trinajstić information content (AvgIpc) is 3.25. The van der Waals surface area contributed by atoms with Gasteiger partial charge in [-0.3, -0.25) is 4.79 Å². The number of benzene rings is 1. The van der Waals surface area contributed by atoms with Gasteiger partial charge in [-0.15, -0.1) is 0 Å². The maximum absolute atomic E-state index is 11.9. The van der Waals surface area contributed by atoms with Crippen LogP contribution in [-0.4, -0.2) is 35.0 Å². The minimum Gasteiger partial charge on any atom is -0.372 e. The van der Waals surface area contributed by atoms with Gasteiger partial charge in [-0.1, -0.05) is 0 Å². The molecule has 6 heteroatoms. The third kappa shape index (κ3) is 3.48. The third-order valence-electron chi connectivity index (χ3n) is 4.41. The van der Waals surface area contributed by atoms with Gasteiger partial charge in [-0.05, 0) is 49.9 Å². The Bertz CT molecular complexity index is 703. The number of hydrogen-bond acceptors (Lipinski definition) is 5. The smallest absolute Gasteiger partial charge is 0.271 e. The number of carbonyl (C=O) groups is 1. The maximum atomic E-state index is 11.9. The Morgan fingerprint density at radius 2 is 1.79 bits per heavy atom. The number of nitrogens with zero attached hydrogens (tertiary/aromatic N) is 3. The minimum absolute atomic E-state index is 0.147. The summed E-state index contributed by atoms with van der Waals surface area (Å²) in [5.41, 5.74) is 2.58. The molecule has 24 heavy (non-hydrogen) atoms. The van der Waals surface area contributed by atoms with Crippen molar-refractivity contribution >= 4 is 23.1 Å². The molecule has 1 saturated heterocycles. The fourth-order valence-corrected chi connectivity index (χ4v) is 2.88. The lowest BCUT2D eigenvalue weighted by molar-refractivity contribution is 0.0945. The van der Waals surface area contributed by atoms with E-state index in [0.29, 0.717) is 17.6 Å². The summed E-state index contributed by atoms with van der Waals surface area (Å²) in [6.07, 6.45) is 7.78. The van der Waals surface area contributed by atoms with Gasteiger partial charge >= 0.3 is 0 Å². The van der Waals surface area contributed by atoms with E-state index in [0.717, 1.165) is 31.6 Å². The summed E-state index contributed by atoms with van der Waals surface area (Å²) < 4.78 is 0. The molecule has 6 nitrogen and oxygen atoms in total. The Morgan fingerprint density at radius 3 is 2.42 bits per heavy atom. The minimum atomic E-state index is -0.147. The van der Waals surface area contributed by atoms with E-state index in [4.69, 9.17) is 0 Å². The number of rotatable bonds is 5. The third-order valence-corrected chi connectivity index (χ3v) is 4.41. The highest BCUT2D eigenvalue weighted by molar-refractivity contribution is 5.92. The Kier molecular flexibility index (Phi) is 4.02. The monoisotopic (exact) mass is 323 g/mol. The molecule has 1 saturated carbocycles. The lowest BCUT2D eigenvalue weighted by atomic mass is 10.2. The van der Waals surface area contributed by atoms with Gasteiger partial charge < -0.3 is 15.5 Å². The fourth-order valence-electron chi connectivity index (χ4n) is 2.88. The molecule has 0 atom stereocenters. The van der Waals surface area contributed by atoms with Crippen LogP contribution in [0.3, 0.4) is 0 Å². The lowest BCUT2D eigenvalue weighted by Gasteiger charge is -2.17. The van der Waals surface area contributed by atoms with E-state index >= 15 is 0 Å². The van der Waals surface area contributed by atoms with Crippen LogP contribution in [0.4, 0.5) is 17.2 Å². The first-order valence-electron chi connectivity index (χ1n) is 8.53. The Labute approximate surface area is 141 Å². The van der Waals surface area contributed by atoms with Crippen molar-refractivity contribution < 1.29 is 4.79 Å². The van der Waals surface area contributed by atoms with Crippen LogP contribution in [0.15, 0.2) is 36.7 Å². The van der Waals surface area contributed by atoms with Crippen molar-refractivity contribution in [3.8, 4) is 0 Å². The first-order chi connectivity index (χ1) is 11.8. The van der Waals surface area contributed by atoms with Crippen molar-refractivity contribution in [2.45, 2.75) is 31.7 Å². The predicted octanol–water partition coefficient (Wildman–Crippen LogP) is 2.71. The second-order valence-corrected chi connectivity index (χ2v) is 6.40. The number of carbonyl (C=O) groups excluding carboxylic acids is 1. The molecule has 4 rings (SSSR count). The molecule has 124 valence electrons. The van der Waals surface area contributed by atoms with Crippen LogP contribution < -0.4 is 15.5 Å².